The van der Waals surface area contributed by atoms with Gasteiger partial charge < -0.3 is 14.4 Å². The molecule has 2 atom stereocenters. The average Bonchev–Trinajstić information content (AvgIpc) is 3.54. The number of benzene rings is 1. The van der Waals surface area contributed by atoms with Crippen LogP contribution in [0.25, 0.3) is 16.8 Å². The van der Waals surface area contributed by atoms with Crippen LogP contribution in [0.1, 0.15) is 42.8 Å². The van der Waals surface area contributed by atoms with E-state index in [4.69, 9.17) is 14.5 Å². The van der Waals surface area contributed by atoms with Crippen molar-refractivity contribution in [2.45, 2.75) is 38.8 Å². The zero-order chi connectivity index (χ0) is 23.9. The van der Waals surface area contributed by atoms with Crippen molar-refractivity contribution in [2.24, 2.45) is 18.0 Å². The van der Waals surface area contributed by atoms with E-state index in [1.807, 2.05) is 38.0 Å². The SMILES string of the molecule is CCOC1=C2c3ncc(-c4c(C)nnn4C)cc3N([C@H](c3ccccc3)C3CCOCC3)C2C=N1. The van der Waals surface area contributed by atoms with Gasteiger partial charge in [-0.05, 0) is 44.2 Å². The molecule has 1 unspecified atom stereocenters. The zero-order valence-electron chi connectivity index (χ0n) is 20.4. The van der Waals surface area contributed by atoms with Crippen LogP contribution in [0.5, 0.6) is 0 Å². The molecular formula is C27H30N6O2. The Hall–Kier alpha value is -3.52. The molecule has 3 aromatic rings. The normalized spacial score (nSPS) is 20.3. The van der Waals surface area contributed by atoms with Crippen LogP contribution in [0.2, 0.25) is 0 Å². The first-order valence-electron chi connectivity index (χ1n) is 12.4. The second-order valence-corrected chi connectivity index (χ2v) is 9.33. The lowest BCUT2D eigenvalue weighted by Crippen LogP contribution is -2.41. The Balaban J connectivity index is 1.54. The lowest BCUT2D eigenvalue weighted by atomic mass is 9.85. The highest BCUT2D eigenvalue weighted by Crippen LogP contribution is 2.51. The number of ether oxygens (including phenoxy) is 2. The molecule has 0 aliphatic carbocycles. The van der Waals surface area contributed by atoms with E-state index in [0.29, 0.717) is 18.4 Å². The molecular weight excluding hydrogens is 440 g/mol. The molecule has 1 saturated heterocycles. The molecule has 8 nitrogen and oxygen atoms in total. The highest BCUT2D eigenvalue weighted by atomic mass is 16.5. The number of nitrogens with zero attached hydrogens (tertiary/aromatic N) is 6. The molecule has 0 bridgehead atoms. The van der Waals surface area contributed by atoms with Crippen molar-refractivity contribution in [1.29, 1.82) is 0 Å². The van der Waals surface area contributed by atoms with Crippen LogP contribution in [0.15, 0.2) is 53.5 Å². The lowest BCUT2D eigenvalue weighted by Gasteiger charge is -2.40. The summed E-state index contributed by atoms with van der Waals surface area (Å²) in [6.07, 6.45) is 5.98. The molecule has 0 spiro atoms. The molecule has 3 aliphatic rings. The first-order valence-corrected chi connectivity index (χ1v) is 12.4. The number of aryl methyl sites for hydroxylation is 2. The number of anilines is 1. The molecule has 0 saturated carbocycles. The molecule has 1 fully saturated rings. The maximum absolute atomic E-state index is 5.96. The van der Waals surface area contributed by atoms with Gasteiger partial charge in [-0.2, -0.15) is 0 Å². The second-order valence-electron chi connectivity index (χ2n) is 9.33. The van der Waals surface area contributed by atoms with Gasteiger partial charge in [0.1, 0.15) is 0 Å². The van der Waals surface area contributed by atoms with E-state index < -0.39 is 0 Å². The number of aromatic nitrogens is 4. The van der Waals surface area contributed by atoms with Crippen molar-refractivity contribution in [3.05, 3.63) is 65.4 Å². The Labute approximate surface area is 205 Å². The predicted octanol–water partition coefficient (Wildman–Crippen LogP) is 4.33. The maximum Gasteiger partial charge on any atom is 0.221 e. The van der Waals surface area contributed by atoms with Crippen LogP contribution in [0.4, 0.5) is 5.69 Å². The summed E-state index contributed by atoms with van der Waals surface area (Å²) in [5, 5.41) is 8.48. The van der Waals surface area contributed by atoms with Crippen molar-refractivity contribution >= 4 is 17.5 Å². The molecule has 8 heteroatoms. The zero-order valence-corrected chi connectivity index (χ0v) is 20.4. The third kappa shape index (κ3) is 3.63. The Morgan fingerprint density at radius 1 is 1.17 bits per heavy atom. The minimum Gasteiger partial charge on any atom is -0.478 e. The summed E-state index contributed by atoms with van der Waals surface area (Å²) in [6, 6.07) is 13.2. The van der Waals surface area contributed by atoms with E-state index >= 15 is 0 Å². The average molecular weight is 471 g/mol. The summed E-state index contributed by atoms with van der Waals surface area (Å²) < 4.78 is 13.5. The monoisotopic (exact) mass is 470 g/mol. The maximum atomic E-state index is 5.96. The van der Waals surface area contributed by atoms with Gasteiger partial charge in [0.2, 0.25) is 5.88 Å². The van der Waals surface area contributed by atoms with Crippen LogP contribution < -0.4 is 4.90 Å². The predicted molar refractivity (Wildman–Crippen MR) is 135 cm³/mol. The van der Waals surface area contributed by atoms with E-state index in [9.17, 15) is 0 Å². The number of hydrogen-bond donors (Lipinski definition) is 0. The summed E-state index contributed by atoms with van der Waals surface area (Å²) in [5.41, 5.74) is 7.28. The third-order valence-electron chi connectivity index (χ3n) is 7.26. The van der Waals surface area contributed by atoms with Crippen molar-refractivity contribution in [3.63, 3.8) is 0 Å². The largest absolute Gasteiger partial charge is 0.478 e. The lowest BCUT2D eigenvalue weighted by molar-refractivity contribution is 0.0573. The minimum absolute atomic E-state index is 0.0203. The number of fused-ring (bicyclic) bond motifs is 3. The smallest absolute Gasteiger partial charge is 0.221 e. The van der Waals surface area contributed by atoms with Crippen LogP contribution in [0, 0.1) is 12.8 Å². The fourth-order valence-corrected chi connectivity index (χ4v) is 5.77. The minimum atomic E-state index is -0.0203. The third-order valence-corrected chi connectivity index (χ3v) is 7.26. The van der Waals surface area contributed by atoms with Gasteiger partial charge in [-0.3, -0.25) is 4.98 Å². The number of pyridine rings is 1. The highest BCUT2D eigenvalue weighted by Gasteiger charge is 2.46. The molecule has 35 heavy (non-hydrogen) atoms. The molecule has 180 valence electrons. The quantitative estimate of drug-likeness (QED) is 0.534. The Bertz CT molecular complexity index is 1270. The summed E-state index contributed by atoms with van der Waals surface area (Å²) in [7, 11) is 1.92. The van der Waals surface area contributed by atoms with Gasteiger partial charge in [0, 0.05) is 38.2 Å². The van der Waals surface area contributed by atoms with Gasteiger partial charge in [-0.15, -0.1) is 5.10 Å². The molecule has 2 aromatic heterocycles. The van der Waals surface area contributed by atoms with Crippen molar-refractivity contribution in [3.8, 4) is 11.3 Å². The van der Waals surface area contributed by atoms with Gasteiger partial charge in [-0.1, -0.05) is 35.5 Å². The van der Waals surface area contributed by atoms with Gasteiger partial charge in [0.15, 0.2) is 0 Å². The summed E-state index contributed by atoms with van der Waals surface area (Å²) in [5.74, 6) is 1.13. The van der Waals surface area contributed by atoms with E-state index in [0.717, 1.165) is 60.0 Å². The van der Waals surface area contributed by atoms with Crippen molar-refractivity contribution in [1.82, 2.24) is 20.0 Å². The first kappa shape index (κ1) is 22.0. The topological polar surface area (TPSA) is 77.7 Å². The van der Waals surface area contributed by atoms with Gasteiger partial charge in [0.05, 0.1) is 47.0 Å². The van der Waals surface area contributed by atoms with Crippen LogP contribution in [0.3, 0.4) is 0 Å². The molecule has 0 amide bonds. The molecule has 0 N–H and O–H groups in total. The van der Waals surface area contributed by atoms with Crippen molar-refractivity contribution in [2.75, 3.05) is 24.7 Å². The number of rotatable bonds is 6. The molecule has 0 radical (unpaired) electrons. The van der Waals surface area contributed by atoms with Crippen LogP contribution in [-0.2, 0) is 16.5 Å². The van der Waals surface area contributed by atoms with Gasteiger partial charge in [-0.25, -0.2) is 9.67 Å². The van der Waals surface area contributed by atoms with Crippen LogP contribution >= 0.6 is 0 Å². The molecule has 6 rings (SSSR count). The van der Waals surface area contributed by atoms with Gasteiger partial charge >= 0.3 is 0 Å². The fourth-order valence-electron chi connectivity index (χ4n) is 5.77. The Morgan fingerprint density at radius 2 is 1.97 bits per heavy atom. The molecule has 3 aliphatic heterocycles. The highest BCUT2D eigenvalue weighted by molar-refractivity contribution is 6.03. The van der Waals surface area contributed by atoms with Crippen molar-refractivity contribution < 1.29 is 9.47 Å². The van der Waals surface area contributed by atoms with E-state index in [2.05, 4.69) is 56.6 Å². The van der Waals surface area contributed by atoms with Gasteiger partial charge in [0.25, 0.3) is 0 Å². The first-order chi connectivity index (χ1) is 17.2. The molecule has 5 heterocycles. The standard InChI is InChI=1S/C27H30N6O2/c1-4-35-27-23-22(16-29-27)33(26(18-8-6-5-7-9-18)19-10-12-34-13-11-19)21-14-20(15-28-24(21)23)25-17(2)30-31-32(25)3/h5-9,14-16,19,22,26H,4,10-13H2,1-3H3/t22?,26-/m1/s1. The molecule has 1 aromatic carbocycles. The number of hydrogen-bond acceptors (Lipinski definition) is 7. The second kappa shape index (κ2) is 8.92. The fraction of sp³-hybridized carbons (Fsp3) is 0.407. The summed E-state index contributed by atoms with van der Waals surface area (Å²) in [4.78, 5) is 12.2. The summed E-state index contributed by atoms with van der Waals surface area (Å²) in [6.45, 7) is 6.13. The Morgan fingerprint density at radius 3 is 2.69 bits per heavy atom. The van der Waals surface area contributed by atoms with E-state index in [1.54, 1.807) is 0 Å². The number of aliphatic imine (C=N–C) groups is 1. The Kier molecular flexibility index (Phi) is 5.60. The van der Waals surface area contributed by atoms with E-state index in [1.165, 1.54) is 5.56 Å². The van der Waals surface area contributed by atoms with Crippen LogP contribution in [-0.4, -0.2) is 52.1 Å². The summed E-state index contributed by atoms with van der Waals surface area (Å²) >= 11 is 0. The van der Waals surface area contributed by atoms with E-state index in [-0.39, 0.29) is 12.1 Å².